The van der Waals surface area contributed by atoms with Crippen molar-refractivity contribution in [3.05, 3.63) is 23.9 Å². The molecule has 0 atom stereocenters. The van der Waals surface area contributed by atoms with E-state index in [0.29, 0.717) is 0 Å². The SMILES string of the molecule is CC/C=C/C(=C\N)CC. The summed E-state index contributed by atoms with van der Waals surface area (Å²) in [5, 5.41) is 0. The Labute approximate surface area is 57.3 Å². The summed E-state index contributed by atoms with van der Waals surface area (Å²) in [5.74, 6) is 0. The lowest BCUT2D eigenvalue weighted by Crippen LogP contribution is -1.83. The maximum Gasteiger partial charge on any atom is -0.00299 e. The maximum atomic E-state index is 5.31. The van der Waals surface area contributed by atoms with Crippen molar-refractivity contribution in [1.29, 1.82) is 0 Å². The van der Waals surface area contributed by atoms with Crippen molar-refractivity contribution in [3.63, 3.8) is 0 Å². The number of nitrogens with two attached hydrogens (primary N) is 1. The molecule has 0 fully saturated rings. The zero-order chi connectivity index (χ0) is 7.11. The van der Waals surface area contributed by atoms with E-state index in [-0.39, 0.29) is 0 Å². The predicted molar refractivity (Wildman–Crippen MR) is 42.0 cm³/mol. The van der Waals surface area contributed by atoms with E-state index in [0.717, 1.165) is 12.8 Å². The normalized spacial score (nSPS) is 12.9. The van der Waals surface area contributed by atoms with Gasteiger partial charge in [0.1, 0.15) is 0 Å². The first-order valence-electron chi connectivity index (χ1n) is 3.42. The minimum Gasteiger partial charge on any atom is -0.404 e. The molecule has 0 aliphatic carbocycles. The summed E-state index contributed by atoms with van der Waals surface area (Å²) in [5.41, 5.74) is 6.52. The highest BCUT2D eigenvalue weighted by molar-refractivity contribution is 5.16. The molecule has 0 radical (unpaired) electrons. The molecule has 0 saturated heterocycles. The molecule has 0 rings (SSSR count). The molecule has 1 heteroatoms. The lowest BCUT2D eigenvalue weighted by molar-refractivity contribution is 1.12. The number of rotatable bonds is 3. The molecule has 0 aliphatic heterocycles. The van der Waals surface area contributed by atoms with Crippen LogP contribution in [0.5, 0.6) is 0 Å². The largest absolute Gasteiger partial charge is 0.404 e. The highest BCUT2D eigenvalue weighted by atomic mass is 14.5. The van der Waals surface area contributed by atoms with Crippen LogP contribution in [0, 0.1) is 0 Å². The molecule has 9 heavy (non-hydrogen) atoms. The third kappa shape index (κ3) is 3.83. The molecule has 0 saturated carbocycles. The van der Waals surface area contributed by atoms with Crippen LogP contribution in [0.3, 0.4) is 0 Å². The van der Waals surface area contributed by atoms with Crippen molar-refractivity contribution in [2.45, 2.75) is 26.7 Å². The third-order valence-corrected chi connectivity index (χ3v) is 1.19. The average Bonchev–Trinajstić information content (AvgIpc) is 1.91. The van der Waals surface area contributed by atoms with Crippen molar-refractivity contribution >= 4 is 0 Å². The summed E-state index contributed by atoms with van der Waals surface area (Å²) in [4.78, 5) is 0. The third-order valence-electron chi connectivity index (χ3n) is 1.19. The molecule has 0 aliphatic rings. The topological polar surface area (TPSA) is 26.0 Å². The van der Waals surface area contributed by atoms with Crippen LogP contribution in [0.25, 0.3) is 0 Å². The van der Waals surface area contributed by atoms with Crippen LogP contribution < -0.4 is 5.73 Å². The van der Waals surface area contributed by atoms with Gasteiger partial charge in [-0.15, -0.1) is 0 Å². The van der Waals surface area contributed by atoms with Crippen molar-refractivity contribution in [2.24, 2.45) is 5.73 Å². The number of hydrogen-bond donors (Lipinski definition) is 1. The molecule has 0 heterocycles. The van der Waals surface area contributed by atoms with E-state index in [2.05, 4.69) is 26.0 Å². The van der Waals surface area contributed by atoms with E-state index in [1.54, 1.807) is 6.20 Å². The molecule has 1 nitrogen and oxygen atoms in total. The molecular formula is C8H15N. The van der Waals surface area contributed by atoms with Gasteiger partial charge in [-0.25, -0.2) is 0 Å². The summed E-state index contributed by atoms with van der Waals surface area (Å²) in [6.45, 7) is 4.21. The smallest absolute Gasteiger partial charge is 0.00299 e. The van der Waals surface area contributed by atoms with E-state index < -0.39 is 0 Å². The van der Waals surface area contributed by atoms with Gasteiger partial charge in [0, 0.05) is 0 Å². The highest BCUT2D eigenvalue weighted by Crippen LogP contribution is 1.99. The Morgan fingerprint density at radius 3 is 2.44 bits per heavy atom. The van der Waals surface area contributed by atoms with Crippen LogP contribution in [-0.2, 0) is 0 Å². The Hall–Kier alpha value is -0.720. The van der Waals surface area contributed by atoms with Crippen LogP contribution in [0.2, 0.25) is 0 Å². The summed E-state index contributed by atoms with van der Waals surface area (Å²) < 4.78 is 0. The molecular weight excluding hydrogens is 110 g/mol. The molecule has 0 spiro atoms. The van der Waals surface area contributed by atoms with Gasteiger partial charge in [0.2, 0.25) is 0 Å². The first kappa shape index (κ1) is 8.28. The van der Waals surface area contributed by atoms with E-state index in [4.69, 9.17) is 5.73 Å². The van der Waals surface area contributed by atoms with Crippen LogP contribution >= 0.6 is 0 Å². The van der Waals surface area contributed by atoms with E-state index in [9.17, 15) is 0 Å². The lowest BCUT2D eigenvalue weighted by Gasteiger charge is -1.91. The van der Waals surface area contributed by atoms with Gasteiger partial charge >= 0.3 is 0 Å². The molecule has 0 aromatic carbocycles. The highest BCUT2D eigenvalue weighted by Gasteiger charge is 1.81. The second kappa shape index (κ2) is 5.42. The van der Waals surface area contributed by atoms with Gasteiger partial charge < -0.3 is 5.73 Å². The summed E-state index contributed by atoms with van der Waals surface area (Å²) in [7, 11) is 0. The summed E-state index contributed by atoms with van der Waals surface area (Å²) in [6.07, 6.45) is 7.94. The van der Waals surface area contributed by atoms with Crippen molar-refractivity contribution < 1.29 is 0 Å². The van der Waals surface area contributed by atoms with Crippen LogP contribution in [0.4, 0.5) is 0 Å². The van der Waals surface area contributed by atoms with Gasteiger partial charge in [-0.2, -0.15) is 0 Å². The molecule has 0 aromatic heterocycles. The molecule has 52 valence electrons. The quantitative estimate of drug-likeness (QED) is 0.575. The fourth-order valence-electron chi connectivity index (χ4n) is 0.560. The van der Waals surface area contributed by atoms with Gasteiger partial charge in [0.05, 0.1) is 0 Å². The lowest BCUT2D eigenvalue weighted by atomic mass is 10.2. The van der Waals surface area contributed by atoms with Crippen LogP contribution in [-0.4, -0.2) is 0 Å². The fourth-order valence-corrected chi connectivity index (χ4v) is 0.560. The van der Waals surface area contributed by atoms with Crippen LogP contribution in [0.15, 0.2) is 23.9 Å². The second-order valence-electron chi connectivity index (χ2n) is 1.91. The first-order chi connectivity index (χ1) is 4.35. The summed E-state index contributed by atoms with van der Waals surface area (Å²) >= 11 is 0. The average molecular weight is 125 g/mol. The first-order valence-corrected chi connectivity index (χ1v) is 3.42. The Morgan fingerprint density at radius 1 is 1.44 bits per heavy atom. The second-order valence-corrected chi connectivity index (χ2v) is 1.91. The van der Waals surface area contributed by atoms with E-state index in [1.165, 1.54) is 5.57 Å². The maximum absolute atomic E-state index is 5.31. The Balaban J connectivity index is 3.70. The van der Waals surface area contributed by atoms with E-state index >= 15 is 0 Å². The van der Waals surface area contributed by atoms with Crippen LogP contribution in [0.1, 0.15) is 26.7 Å². The number of allylic oxidation sites excluding steroid dienone is 3. The van der Waals surface area contributed by atoms with Crippen molar-refractivity contribution in [1.82, 2.24) is 0 Å². The van der Waals surface area contributed by atoms with Gasteiger partial charge in [0.25, 0.3) is 0 Å². The number of hydrogen-bond acceptors (Lipinski definition) is 1. The van der Waals surface area contributed by atoms with Gasteiger partial charge in [-0.3, -0.25) is 0 Å². The van der Waals surface area contributed by atoms with Gasteiger partial charge in [-0.1, -0.05) is 26.0 Å². The van der Waals surface area contributed by atoms with E-state index in [1.807, 2.05) is 0 Å². The standard InChI is InChI=1S/C8H15N/c1-3-5-6-8(4-2)7-9/h5-7H,3-4,9H2,1-2H3/b6-5+,8-7-. The molecule has 0 bridgehead atoms. The fraction of sp³-hybridized carbons (Fsp3) is 0.500. The zero-order valence-electron chi connectivity index (χ0n) is 6.22. The zero-order valence-corrected chi connectivity index (χ0v) is 6.22. The van der Waals surface area contributed by atoms with Gasteiger partial charge in [0.15, 0.2) is 0 Å². The predicted octanol–water partition coefficient (Wildman–Crippen LogP) is 2.21. The Kier molecular flexibility index (Phi) is 4.98. The molecule has 0 aromatic rings. The molecule has 2 N–H and O–H groups in total. The Bertz CT molecular complexity index is 112. The minimum absolute atomic E-state index is 1.02. The molecule has 0 unspecified atom stereocenters. The van der Waals surface area contributed by atoms with Crippen molar-refractivity contribution in [2.75, 3.05) is 0 Å². The molecule has 0 amide bonds. The minimum atomic E-state index is 1.02. The summed E-state index contributed by atoms with van der Waals surface area (Å²) in [6, 6.07) is 0. The van der Waals surface area contributed by atoms with Crippen molar-refractivity contribution in [3.8, 4) is 0 Å². The Morgan fingerprint density at radius 2 is 2.11 bits per heavy atom. The van der Waals surface area contributed by atoms with Gasteiger partial charge in [-0.05, 0) is 24.6 Å². The monoisotopic (exact) mass is 125 g/mol.